The highest BCUT2D eigenvalue weighted by molar-refractivity contribution is 7.89. The summed E-state index contributed by atoms with van der Waals surface area (Å²) >= 11 is 7.25. The average molecular weight is 345 g/mol. The van der Waals surface area contributed by atoms with Crippen molar-refractivity contribution in [1.82, 2.24) is 4.31 Å². The maximum atomic E-state index is 12.6. The molecule has 0 saturated heterocycles. The molecule has 0 fully saturated rings. The van der Waals surface area contributed by atoms with E-state index in [4.69, 9.17) is 17.3 Å². The number of nitrogens with zero attached hydrogens (tertiary/aromatic N) is 1. The standard InChI is InChI=1S/C14H17ClN2O2S2/c1-10-3-5-13(7-11(10)8-16)21(18,19)17(2)9-12-4-6-14(15)20-12/h3-7H,8-9,16H2,1-2H3. The third kappa shape index (κ3) is 3.64. The first-order chi connectivity index (χ1) is 9.84. The van der Waals surface area contributed by atoms with Gasteiger partial charge in [0.2, 0.25) is 10.0 Å². The summed E-state index contributed by atoms with van der Waals surface area (Å²) in [5.41, 5.74) is 7.47. The van der Waals surface area contributed by atoms with Gasteiger partial charge in [0.05, 0.1) is 9.23 Å². The number of aryl methyl sites for hydroxylation is 1. The van der Waals surface area contributed by atoms with E-state index in [0.29, 0.717) is 17.4 Å². The van der Waals surface area contributed by atoms with Crippen molar-refractivity contribution in [2.75, 3.05) is 7.05 Å². The van der Waals surface area contributed by atoms with Crippen LogP contribution in [0.5, 0.6) is 0 Å². The van der Waals surface area contributed by atoms with E-state index in [-0.39, 0.29) is 4.90 Å². The Hall–Kier alpha value is -0.920. The van der Waals surface area contributed by atoms with Crippen LogP contribution in [0.3, 0.4) is 0 Å². The Morgan fingerprint density at radius 2 is 2.00 bits per heavy atom. The molecule has 7 heteroatoms. The minimum atomic E-state index is -3.54. The molecule has 4 nitrogen and oxygen atoms in total. The third-order valence-corrected chi connectivity index (χ3v) is 6.27. The first kappa shape index (κ1) is 16.5. The minimum Gasteiger partial charge on any atom is -0.326 e. The second kappa shape index (κ2) is 6.46. The fourth-order valence-corrected chi connectivity index (χ4v) is 4.37. The molecule has 21 heavy (non-hydrogen) atoms. The molecule has 2 N–H and O–H groups in total. The van der Waals surface area contributed by atoms with Gasteiger partial charge in [-0.05, 0) is 42.3 Å². The number of nitrogens with two attached hydrogens (primary N) is 1. The van der Waals surface area contributed by atoms with Crippen LogP contribution in [0, 0.1) is 6.92 Å². The monoisotopic (exact) mass is 344 g/mol. The summed E-state index contributed by atoms with van der Waals surface area (Å²) < 4.78 is 27.1. The lowest BCUT2D eigenvalue weighted by Crippen LogP contribution is -2.26. The Bertz CT molecular complexity index is 741. The quantitative estimate of drug-likeness (QED) is 0.906. The molecule has 0 aliphatic rings. The zero-order valence-corrected chi connectivity index (χ0v) is 14.2. The molecule has 114 valence electrons. The Balaban J connectivity index is 2.28. The molecule has 2 aromatic rings. The number of hydrogen-bond donors (Lipinski definition) is 1. The lowest BCUT2D eigenvalue weighted by Gasteiger charge is -2.17. The maximum absolute atomic E-state index is 12.6. The Morgan fingerprint density at radius 3 is 2.57 bits per heavy atom. The highest BCUT2D eigenvalue weighted by Gasteiger charge is 2.22. The van der Waals surface area contributed by atoms with Crippen molar-refractivity contribution in [2.45, 2.75) is 24.9 Å². The molecule has 0 aliphatic carbocycles. The van der Waals surface area contributed by atoms with E-state index in [1.54, 1.807) is 31.3 Å². The molecule has 0 unspecified atom stereocenters. The van der Waals surface area contributed by atoms with Gasteiger partial charge in [-0.15, -0.1) is 11.3 Å². The first-order valence-electron chi connectivity index (χ1n) is 6.34. The Labute approximate surface area is 134 Å². The van der Waals surface area contributed by atoms with Gasteiger partial charge in [0, 0.05) is 25.0 Å². The SMILES string of the molecule is Cc1ccc(S(=O)(=O)N(C)Cc2ccc(Cl)s2)cc1CN. The van der Waals surface area contributed by atoms with Gasteiger partial charge in [0.15, 0.2) is 0 Å². The van der Waals surface area contributed by atoms with Crippen molar-refractivity contribution in [2.24, 2.45) is 5.73 Å². The summed E-state index contributed by atoms with van der Waals surface area (Å²) in [5.74, 6) is 0. The van der Waals surface area contributed by atoms with Crippen LogP contribution in [0.4, 0.5) is 0 Å². The number of hydrogen-bond acceptors (Lipinski definition) is 4. The number of sulfonamides is 1. The van der Waals surface area contributed by atoms with Crippen molar-refractivity contribution in [3.05, 3.63) is 50.7 Å². The average Bonchev–Trinajstić information content (AvgIpc) is 2.84. The van der Waals surface area contributed by atoms with Crippen molar-refractivity contribution in [1.29, 1.82) is 0 Å². The molecule has 0 amide bonds. The van der Waals surface area contributed by atoms with Crippen molar-refractivity contribution in [3.8, 4) is 0 Å². The zero-order chi connectivity index (χ0) is 15.6. The lowest BCUT2D eigenvalue weighted by molar-refractivity contribution is 0.469. The predicted octanol–water partition coefficient (Wildman–Crippen LogP) is 2.99. The molecule has 1 heterocycles. The molecule has 0 aliphatic heterocycles. The van der Waals surface area contributed by atoms with Gasteiger partial charge in [-0.3, -0.25) is 0 Å². The van der Waals surface area contributed by atoms with Crippen LogP contribution in [0.1, 0.15) is 16.0 Å². The predicted molar refractivity (Wildman–Crippen MR) is 87.1 cm³/mol. The third-order valence-electron chi connectivity index (χ3n) is 3.26. The molecule has 0 spiro atoms. The second-order valence-corrected chi connectivity index (χ2v) is 8.60. The number of rotatable bonds is 5. The molecular weight excluding hydrogens is 328 g/mol. The highest BCUT2D eigenvalue weighted by atomic mass is 35.5. The number of benzene rings is 1. The van der Waals surface area contributed by atoms with Crippen LogP contribution >= 0.6 is 22.9 Å². The smallest absolute Gasteiger partial charge is 0.243 e. The van der Waals surface area contributed by atoms with E-state index in [1.165, 1.54) is 15.6 Å². The highest BCUT2D eigenvalue weighted by Crippen LogP contribution is 2.25. The van der Waals surface area contributed by atoms with Gasteiger partial charge in [0.25, 0.3) is 0 Å². The largest absolute Gasteiger partial charge is 0.326 e. The molecule has 1 aromatic heterocycles. The lowest BCUT2D eigenvalue weighted by atomic mass is 10.1. The summed E-state index contributed by atoms with van der Waals surface area (Å²) in [6.45, 7) is 2.53. The van der Waals surface area contributed by atoms with Crippen molar-refractivity contribution >= 4 is 33.0 Å². The Morgan fingerprint density at radius 1 is 1.29 bits per heavy atom. The van der Waals surface area contributed by atoms with Crippen LogP contribution in [-0.2, 0) is 23.1 Å². The van der Waals surface area contributed by atoms with Crippen LogP contribution < -0.4 is 5.73 Å². The van der Waals surface area contributed by atoms with E-state index >= 15 is 0 Å². The summed E-state index contributed by atoms with van der Waals surface area (Å²) in [6, 6.07) is 8.63. The fourth-order valence-electron chi connectivity index (χ4n) is 1.95. The van der Waals surface area contributed by atoms with Crippen LogP contribution in [0.2, 0.25) is 4.34 Å². The Kier molecular flexibility index (Phi) is 5.06. The van der Waals surface area contributed by atoms with E-state index in [2.05, 4.69) is 0 Å². The minimum absolute atomic E-state index is 0.263. The topological polar surface area (TPSA) is 63.4 Å². The van der Waals surface area contributed by atoms with Gasteiger partial charge in [-0.25, -0.2) is 8.42 Å². The molecule has 0 radical (unpaired) electrons. The molecule has 0 saturated carbocycles. The van der Waals surface area contributed by atoms with Gasteiger partial charge in [-0.1, -0.05) is 17.7 Å². The van der Waals surface area contributed by atoms with Crippen LogP contribution in [-0.4, -0.2) is 19.8 Å². The summed E-state index contributed by atoms with van der Waals surface area (Å²) in [4.78, 5) is 1.16. The molecule has 2 rings (SSSR count). The molecular formula is C14H17ClN2O2S2. The summed E-state index contributed by atoms with van der Waals surface area (Å²) in [6.07, 6.45) is 0. The molecule has 1 aromatic carbocycles. The van der Waals surface area contributed by atoms with Crippen LogP contribution in [0.15, 0.2) is 35.2 Å². The first-order valence-corrected chi connectivity index (χ1v) is 8.98. The zero-order valence-electron chi connectivity index (χ0n) is 11.8. The second-order valence-electron chi connectivity index (χ2n) is 4.76. The molecule has 0 atom stereocenters. The van der Waals surface area contributed by atoms with Gasteiger partial charge in [-0.2, -0.15) is 4.31 Å². The van der Waals surface area contributed by atoms with Gasteiger partial charge >= 0.3 is 0 Å². The summed E-state index contributed by atoms with van der Waals surface area (Å²) in [5, 5.41) is 0. The van der Waals surface area contributed by atoms with E-state index in [0.717, 1.165) is 16.0 Å². The normalized spacial score (nSPS) is 12.0. The summed E-state index contributed by atoms with van der Waals surface area (Å²) in [7, 11) is -1.98. The van der Waals surface area contributed by atoms with E-state index in [1.807, 2.05) is 13.0 Å². The van der Waals surface area contributed by atoms with E-state index in [9.17, 15) is 8.42 Å². The number of thiophene rings is 1. The van der Waals surface area contributed by atoms with Crippen LogP contribution in [0.25, 0.3) is 0 Å². The van der Waals surface area contributed by atoms with E-state index < -0.39 is 10.0 Å². The fraction of sp³-hybridized carbons (Fsp3) is 0.286. The molecule has 0 bridgehead atoms. The van der Waals surface area contributed by atoms with Crippen molar-refractivity contribution in [3.63, 3.8) is 0 Å². The number of halogens is 1. The van der Waals surface area contributed by atoms with Crippen molar-refractivity contribution < 1.29 is 8.42 Å². The van der Waals surface area contributed by atoms with Gasteiger partial charge in [0.1, 0.15) is 0 Å². The maximum Gasteiger partial charge on any atom is 0.243 e. The van der Waals surface area contributed by atoms with Gasteiger partial charge < -0.3 is 5.73 Å².